The monoisotopic (exact) mass is 222 g/mol. The van der Waals surface area contributed by atoms with Crippen LogP contribution >= 0.6 is 0 Å². The Morgan fingerprint density at radius 1 is 1.53 bits per heavy atom. The number of hydrogen-bond donors (Lipinski definition) is 0. The minimum absolute atomic E-state index is 0.0592. The first kappa shape index (κ1) is 12.5. The fourth-order valence-electron chi connectivity index (χ4n) is 1.54. The summed E-state index contributed by atoms with van der Waals surface area (Å²) in [6.45, 7) is 0.674. The van der Waals surface area contributed by atoms with E-state index in [1.807, 2.05) is 0 Å². The van der Waals surface area contributed by atoms with E-state index in [0.29, 0.717) is 13.2 Å². The van der Waals surface area contributed by atoms with Gasteiger partial charge in [0.25, 0.3) is 6.43 Å². The van der Waals surface area contributed by atoms with Crippen molar-refractivity contribution in [3.63, 3.8) is 0 Å². The zero-order valence-electron chi connectivity index (χ0n) is 8.59. The summed E-state index contributed by atoms with van der Waals surface area (Å²) < 4.78 is 33.2. The molecule has 0 aliphatic carbocycles. The van der Waals surface area contributed by atoms with Crippen molar-refractivity contribution in [1.29, 1.82) is 0 Å². The molecule has 0 aromatic heterocycles. The number of alkyl halides is 2. The van der Waals surface area contributed by atoms with Gasteiger partial charge in [-0.05, 0) is 12.8 Å². The maximum absolute atomic E-state index is 11.7. The van der Waals surface area contributed by atoms with E-state index in [-0.39, 0.29) is 24.7 Å². The fourth-order valence-corrected chi connectivity index (χ4v) is 1.54. The third kappa shape index (κ3) is 5.18. The van der Waals surface area contributed by atoms with E-state index >= 15 is 0 Å². The van der Waals surface area contributed by atoms with Crippen molar-refractivity contribution in [2.24, 2.45) is 5.92 Å². The Kier molecular flexibility index (Phi) is 5.71. The van der Waals surface area contributed by atoms with Crippen LogP contribution in [0.3, 0.4) is 0 Å². The van der Waals surface area contributed by atoms with Gasteiger partial charge in [-0.1, -0.05) is 0 Å². The van der Waals surface area contributed by atoms with Gasteiger partial charge < -0.3 is 9.47 Å². The largest absolute Gasteiger partial charge is 0.381 e. The zero-order valence-corrected chi connectivity index (χ0v) is 8.59. The van der Waals surface area contributed by atoms with Crippen LogP contribution in [0, 0.1) is 5.92 Å². The predicted molar refractivity (Wildman–Crippen MR) is 50.0 cm³/mol. The average molecular weight is 222 g/mol. The van der Waals surface area contributed by atoms with E-state index in [1.165, 1.54) is 0 Å². The van der Waals surface area contributed by atoms with Crippen LogP contribution in [0.1, 0.15) is 19.3 Å². The van der Waals surface area contributed by atoms with Crippen LogP contribution in [0.25, 0.3) is 0 Å². The lowest BCUT2D eigenvalue weighted by Gasteiger charge is -2.20. The summed E-state index contributed by atoms with van der Waals surface area (Å²) in [5.74, 6) is -0.00198. The van der Waals surface area contributed by atoms with Crippen LogP contribution < -0.4 is 0 Å². The van der Waals surface area contributed by atoms with Crippen LogP contribution in [0.4, 0.5) is 8.78 Å². The summed E-state index contributed by atoms with van der Waals surface area (Å²) >= 11 is 0. The lowest BCUT2D eigenvalue weighted by molar-refractivity contribution is -0.128. The zero-order chi connectivity index (χ0) is 11.1. The second-order valence-corrected chi connectivity index (χ2v) is 3.60. The highest BCUT2D eigenvalue weighted by Gasteiger charge is 2.21. The number of carbonyl (C=O) groups is 1. The molecule has 0 aromatic carbocycles. The van der Waals surface area contributed by atoms with Gasteiger partial charge in [0.1, 0.15) is 12.4 Å². The number of rotatable bonds is 6. The highest BCUT2D eigenvalue weighted by molar-refractivity contribution is 5.81. The van der Waals surface area contributed by atoms with Gasteiger partial charge in [-0.15, -0.1) is 0 Å². The van der Waals surface area contributed by atoms with Crippen molar-refractivity contribution in [3.8, 4) is 0 Å². The molecule has 1 fully saturated rings. The Morgan fingerprint density at radius 3 is 2.93 bits per heavy atom. The van der Waals surface area contributed by atoms with Crippen LogP contribution in [0.2, 0.25) is 0 Å². The quantitative estimate of drug-likeness (QED) is 0.641. The Bertz CT molecular complexity index is 191. The SMILES string of the molecule is O=C(CCOCC(F)F)C1CCCOC1. The normalized spacial score (nSPS) is 21.9. The van der Waals surface area contributed by atoms with Gasteiger partial charge in [-0.25, -0.2) is 8.78 Å². The molecule has 1 unspecified atom stereocenters. The summed E-state index contributed by atoms with van der Waals surface area (Å²) in [5, 5.41) is 0. The second kappa shape index (κ2) is 6.85. The molecule has 1 saturated heterocycles. The van der Waals surface area contributed by atoms with Gasteiger partial charge in [-0.3, -0.25) is 4.79 Å². The van der Waals surface area contributed by atoms with Gasteiger partial charge in [0.05, 0.1) is 13.2 Å². The molecule has 0 amide bonds. The lowest BCUT2D eigenvalue weighted by atomic mass is 9.96. The molecule has 1 heterocycles. The van der Waals surface area contributed by atoms with Gasteiger partial charge in [0.15, 0.2) is 0 Å². The van der Waals surface area contributed by atoms with E-state index in [4.69, 9.17) is 4.74 Å². The minimum Gasteiger partial charge on any atom is -0.381 e. The number of Topliss-reactive ketones (excluding diaryl/α,β-unsaturated/α-hetero) is 1. The van der Waals surface area contributed by atoms with Crippen LogP contribution in [0.15, 0.2) is 0 Å². The summed E-state index contributed by atoms with van der Waals surface area (Å²) in [6.07, 6.45) is -0.513. The molecule has 0 saturated carbocycles. The molecule has 1 atom stereocenters. The predicted octanol–water partition coefficient (Wildman–Crippen LogP) is 1.65. The van der Waals surface area contributed by atoms with Crippen molar-refractivity contribution >= 4 is 5.78 Å². The number of ketones is 1. The van der Waals surface area contributed by atoms with Gasteiger partial charge >= 0.3 is 0 Å². The highest BCUT2D eigenvalue weighted by atomic mass is 19.3. The van der Waals surface area contributed by atoms with Crippen LogP contribution in [-0.2, 0) is 14.3 Å². The maximum Gasteiger partial charge on any atom is 0.261 e. The van der Waals surface area contributed by atoms with Gasteiger partial charge in [-0.2, -0.15) is 0 Å². The standard InChI is InChI=1S/C10H16F2O3/c11-10(12)7-15-5-3-9(13)8-2-1-4-14-6-8/h8,10H,1-7H2. The van der Waals surface area contributed by atoms with Crippen molar-refractivity contribution < 1.29 is 23.0 Å². The first-order valence-corrected chi connectivity index (χ1v) is 5.16. The number of ether oxygens (including phenoxy) is 2. The third-order valence-corrected chi connectivity index (χ3v) is 2.35. The second-order valence-electron chi connectivity index (χ2n) is 3.60. The summed E-state index contributed by atoms with van der Waals surface area (Å²) in [6, 6.07) is 0. The third-order valence-electron chi connectivity index (χ3n) is 2.35. The van der Waals surface area contributed by atoms with Crippen molar-refractivity contribution in [2.75, 3.05) is 26.4 Å². The fraction of sp³-hybridized carbons (Fsp3) is 0.900. The number of hydrogen-bond acceptors (Lipinski definition) is 3. The molecule has 0 N–H and O–H groups in total. The van der Waals surface area contributed by atoms with E-state index in [0.717, 1.165) is 12.8 Å². The van der Waals surface area contributed by atoms with Crippen molar-refractivity contribution in [1.82, 2.24) is 0 Å². The molecule has 3 nitrogen and oxygen atoms in total. The Morgan fingerprint density at radius 2 is 2.33 bits per heavy atom. The summed E-state index contributed by atoms with van der Waals surface area (Å²) in [5.41, 5.74) is 0. The van der Waals surface area contributed by atoms with Gasteiger partial charge in [0.2, 0.25) is 0 Å². The number of carbonyl (C=O) groups excluding carboxylic acids is 1. The first-order chi connectivity index (χ1) is 7.20. The van der Waals surface area contributed by atoms with Gasteiger partial charge in [0, 0.05) is 18.9 Å². The molecule has 15 heavy (non-hydrogen) atoms. The minimum atomic E-state index is -2.46. The molecule has 88 valence electrons. The molecule has 0 aromatic rings. The summed E-state index contributed by atoms with van der Waals surface area (Å²) in [7, 11) is 0. The molecule has 0 radical (unpaired) electrons. The van der Waals surface area contributed by atoms with Crippen molar-refractivity contribution in [2.45, 2.75) is 25.7 Å². The van der Waals surface area contributed by atoms with E-state index in [1.54, 1.807) is 0 Å². The first-order valence-electron chi connectivity index (χ1n) is 5.16. The Hall–Kier alpha value is -0.550. The van der Waals surface area contributed by atoms with Crippen LogP contribution in [-0.4, -0.2) is 38.6 Å². The van der Waals surface area contributed by atoms with E-state index < -0.39 is 13.0 Å². The number of halogens is 2. The average Bonchev–Trinajstić information content (AvgIpc) is 2.25. The van der Waals surface area contributed by atoms with E-state index in [2.05, 4.69) is 4.74 Å². The smallest absolute Gasteiger partial charge is 0.261 e. The topological polar surface area (TPSA) is 35.5 Å². The summed E-state index contributed by atoms with van der Waals surface area (Å²) in [4.78, 5) is 11.5. The van der Waals surface area contributed by atoms with Crippen LogP contribution in [0.5, 0.6) is 0 Å². The maximum atomic E-state index is 11.7. The molecular weight excluding hydrogens is 206 g/mol. The molecule has 0 bridgehead atoms. The molecule has 0 spiro atoms. The highest BCUT2D eigenvalue weighted by Crippen LogP contribution is 2.15. The molecule has 5 heteroatoms. The molecular formula is C10H16F2O3. The molecule has 1 aliphatic heterocycles. The van der Waals surface area contributed by atoms with E-state index in [9.17, 15) is 13.6 Å². The molecule has 1 aliphatic rings. The Balaban J connectivity index is 2.07. The molecule has 1 rings (SSSR count). The van der Waals surface area contributed by atoms with Crippen molar-refractivity contribution in [3.05, 3.63) is 0 Å². The lowest BCUT2D eigenvalue weighted by Crippen LogP contribution is -2.26. The Labute approximate surface area is 87.7 Å².